The van der Waals surface area contributed by atoms with Gasteiger partial charge in [0.25, 0.3) is 0 Å². The minimum absolute atomic E-state index is 0.0627. The van der Waals surface area contributed by atoms with Crippen LogP contribution in [0, 0.1) is 23.0 Å². The van der Waals surface area contributed by atoms with Crippen molar-refractivity contribution in [2.24, 2.45) is 0 Å². The van der Waals surface area contributed by atoms with Gasteiger partial charge in [-0.25, -0.2) is 13.8 Å². The quantitative estimate of drug-likeness (QED) is 0.739. The number of anilines is 1. The maximum atomic E-state index is 13.7. The number of imidazole rings is 1. The predicted molar refractivity (Wildman–Crippen MR) is 70.1 cm³/mol. The highest BCUT2D eigenvalue weighted by molar-refractivity contribution is 5.81. The van der Waals surface area contributed by atoms with Crippen LogP contribution in [-0.2, 0) is 0 Å². The minimum Gasteiger partial charge on any atom is -0.369 e. The number of hydrogen-bond donors (Lipinski definition) is 1. The standard InChI is InChI=1S/C14H8F2N4/c15-8-4-5-13-11(6-8)19-14(18)20(13)12-3-1-2-10(16)9(12)7-17/h1-6H,(H2,18,19). The number of nitriles is 1. The Morgan fingerprint density at radius 3 is 2.75 bits per heavy atom. The Kier molecular flexibility index (Phi) is 2.61. The van der Waals surface area contributed by atoms with Gasteiger partial charge >= 0.3 is 0 Å². The lowest BCUT2D eigenvalue weighted by molar-refractivity contribution is 0.622. The van der Waals surface area contributed by atoms with E-state index in [4.69, 9.17) is 11.0 Å². The summed E-state index contributed by atoms with van der Waals surface area (Å²) in [5.41, 5.74) is 6.80. The summed E-state index contributed by atoms with van der Waals surface area (Å²) in [6.45, 7) is 0. The maximum absolute atomic E-state index is 13.7. The summed E-state index contributed by atoms with van der Waals surface area (Å²) >= 11 is 0. The summed E-state index contributed by atoms with van der Waals surface area (Å²) < 4.78 is 28.3. The summed E-state index contributed by atoms with van der Waals surface area (Å²) in [4.78, 5) is 4.02. The largest absolute Gasteiger partial charge is 0.369 e. The zero-order valence-electron chi connectivity index (χ0n) is 10.1. The van der Waals surface area contributed by atoms with Crippen LogP contribution in [0.3, 0.4) is 0 Å². The second-order valence-electron chi connectivity index (χ2n) is 4.18. The van der Waals surface area contributed by atoms with Gasteiger partial charge in [0, 0.05) is 6.07 Å². The molecule has 0 radical (unpaired) electrons. The van der Waals surface area contributed by atoms with Crippen molar-refractivity contribution < 1.29 is 8.78 Å². The zero-order chi connectivity index (χ0) is 14.3. The zero-order valence-corrected chi connectivity index (χ0v) is 10.1. The van der Waals surface area contributed by atoms with Crippen molar-refractivity contribution in [1.82, 2.24) is 9.55 Å². The van der Waals surface area contributed by atoms with Gasteiger partial charge in [-0.05, 0) is 24.3 Å². The van der Waals surface area contributed by atoms with Gasteiger partial charge < -0.3 is 5.73 Å². The Balaban J connectivity index is 2.39. The van der Waals surface area contributed by atoms with Crippen molar-refractivity contribution in [1.29, 1.82) is 5.26 Å². The lowest BCUT2D eigenvalue weighted by Crippen LogP contribution is -2.04. The van der Waals surface area contributed by atoms with Crippen LogP contribution in [0.1, 0.15) is 5.56 Å². The summed E-state index contributed by atoms with van der Waals surface area (Å²) in [6.07, 6.45) is 0. The van der Waals surface area contributed by atoms with Gasteiger partial charge in [0.05, 0.1) is 16.7 Å². The molecule has 0 spiro atoms. The van der Waals surface area contributed by atoms with Gasteiger partial charge in [-0.3, -0.25) is 4.57 Å². The molecule has 0 bridgehead atoms. The van der Waals surface area contributed by atoms with E-state index in [1.54, 1.807) is 12.1 Å². The molecule has 0 saturated heterocycles. The summed E-state index contributed by atoms with van der Waals surface area (Å²) in [5.74, 6) is -1.03. The number of fused-ring (bicyclic) bond motifs is 1. The Morgan fingerprint density at radius 2 is 2.00 bits per heavy atom. The lowest BCUT2D eigenvalue weighted by atomic mass is 10.1. The highest BCUT2D eigenvalue weighted by Gasteiger charge is 2.16. The second kappa shape index (κ2) is 4.31. The smallest absolute Gasteiger partial charge is 0.205 e. The van der Waals surface area contributed by atoms with Gasteiger partial charge in [-0.2, -0.15) is 5.26 Å². The van der Waals surface area contributed by atoms with Gasteiger partial charge in [0.2, 0.25) is 5.95 Å². The third-order valence-corrected chi connectivity index (χ3v) is 2.99. The van der Waals surface area contributed by atoms with E-state index in [-0.39, 0.29) is 17.2 Å². The molecular weight excluding hydrogens is 262 g/mol. The summed E-state index contributed by atoms with van der Waals surface area (Å²) in [5, 5.41) is 9.08. The molecule has 20 heavy (non-hydrogen) atoms. The highest BCUT2D eigenvalue weighted by Crippen LogP contribution is 2.26. The van der Waals surface area contributed by atoms with Crippen molar-refractivity contribution in [2.45, 2.75) is 0 Å². The number of aromatic nitrogens is 2. The Labute approximate surface area is 112 Å². The van der Waals surface area contributed by atoms with E-state index in [1.807, 2.05) is 0 Å². The molecule has 1 heterocycles. The number of nitrogens with two attached hydrogens (primary N) is 1. The van der Waals surface area contributed by atoms with Crippen LogP contribution in [0.15, 0.2) is 36.4 Å². The third kappa shape index (κ3) is 1.68. The molecule has 3 aromatic rings. The molecular formula is C14H8F2N4. The van der Waals surface area contributed by atoms with Gasteiger partial charge in [-0.1, -0.05) is 6.07 Å². The second-order valence-corrected chi connectivity index (χ2v) is 4.18. The van der Waals surface area contributed by atoms with E-state index in [9.17, 15) is 8.78 Å². The first-order valence-corrected chi connectivity index (χ1v) is 5.74. The molecule has 0 aliphatic heterocycles. The van der Waals surface area contributed by atoms with Crippen LogP contribution in [0.25, 0.3) is 16.7 Å². The van der Waals surface area contributed by atoms with Gasteiger partial charge in [0.1, 0.15) is 23.3 Å². The first-order valence-electron chi connectivity index (χ1n) is 5.74. The minimum atomic E-state index is -0.645. The Hall–Kier alpha value is -2.94. The van der Waals surface area contributed by atoms with Crippen molar-refractivity contribution in [3.63, 3.8) is 0 Å². The first-order chi connectivity index (χ1) is 9.61. The van der Waals surface area contributed by atoms with E-state index in [0.29, 0.717) is 11.0 Å². The fraction of sp³-hybridized carbons (Fsp3) is 0. The van der Waals surface area contributed by atoms with Crippen LogP contribution >= 0.6 is 0 Å². The molecule has 2 N–H and O–H groups in total. The molecule has 2 aromatic carbocycles. The predicted octanol–water partition coefficient (Wildman–Crippen LogP) is 2.76. The molecule has 0 aliphatic rings. The van der Waals surface area contributed by atoms with Crippen molar-refractivity contribution >= 4 is 17.0 Å². The molecule has 6 heteroatoms. The van der Waals surface area contributed by atoms with Crippen molar-refractivity contribution in [3.8, 4) is 11.8 Å². The fourth-order valence-corrected chi connectivity index (χ4v) is 2.13. The summed E-state index contributed by atoms with van der Waals surface area (Å²) in [6, 6.07) is 10.00. The molecule has 1 aromatic heterocycles. The molecule has 0 amide bonds. The van der Waals surface area contributed by atoms with Gasteiger partial charge in [0.15, 0.2) is 0 Å². The van der Waals surface area contributed by atoms with E-state index in [2.05, 4.69) is 4.98 Å². The third-order valence-electron chi connectivity index (χ3n) is 2.99. The molecule has 0 aliphatic carbocycles. The SMILES string of the molecule is N#Cc1c(F)cccc1-n1c(N)nc2cc(F)ccc21. The van der Waals surface area contributed by atoms with E-state index < -0.39 is 11.6 Å². The van der Waals surface area contributed by atoms with Crippen LogP contribution in [0.4, 0.5) is 14.7 Å². The van der Waals surface area contributed by atoms with Crippen molar-refractivity contribution in [2.75, 3.05) is 5.73 Å². The van der Waals surface area contributed by atoms with E-state index in [1.165, 1.54) is 34.9 Å². The van der Waals surface area contributed by atoms with E-state index >= 15 is 0 Å². The molecule has 0 unspecified atom stereocenters. The van der Waals surface area contributed by atoms with Crippen molar-refractivity contribution in [3.05, 3.63) is 53.6 Å². The number of nitrogen functional groups attached to an aromatic ring is 1. The number of benzene rings is 2. The molecule has 0 atom stereocenters. The highest BCUT2D eigenvalue weighted by atomic mass is 19.1. The molecule has 3 rings (SSSR count). The van der Waals surface area contributed by atoms with Crippen LogP contribution in [-0.4, -0.2) is 9.55 Å². The van der Waals surface area contributed by atoms with Crippen LogP contribution in [0.5, 0.6) is 0 Å². The molecule has 98 valence electrons. The lowest BCUT2D eigenvalue weighted by Gasteiger charge is -2.08. The number of nitrogens with zero attached hydrogens (tertiary/aromatic N) is 3. The molecule has 4 nitrogen and oxygen atoms in total. The monoisotopic (exact) mass is 270 g/mol. The molecule has 0 fully saturated rings. The molecule has 0 saturated carbocycles. The fourth-order valence-electron chi connectivity index (χ4n) is 2.13. The number of hydrogen-bond acceptors (Lipinski definition) is 3. The number of rotatable bonds is 1. The normalized spacial score (nSPS) is 10.7. The topological polar surface area (TPSA) is 67.6 Å². The van der Waals surface area contributed by atoms with Crippen LogP contribution < -0.4 is 5.73 Å². The number of halogens is 2. The van der Waals surface area contributed by atoms with Crippen LogP contribution in [0.2, 0.25) is 0 Å². The van der Waals surface area contributed by atoms with Gasteiger partial charge in [-0.15, -0.1) is 0 Å². The first kappa shape index (κ1) is 12.1. The maximum Gasteiger partial charge on any atom is 0.205 e. The average Bonchev–Trinajstić information content (AvgIpc) is 2.73. The van der Waals surface area contributed by atoms with E-state index in [0.717, 1.165) is 0 Å². The Morgan fingerprint density at radius 1 is 1.20 bits per heavy atom. The average molecular weight is 270 g/mol. The summed E-state index contributed by atoms with van der Waals surface area (Å²) in [7, 11) is 0. The Bertz CT molecular complexity index is 861.